The van der Waals surface area contributed by atoms with Crippen LogP contribution in [0.25, 0.3) is 0 Å². The molecular formula is C11H23N3O3S. The molecule has 18 heavy (non-hydrogen) atoms. The zero-order valence-electron chi connectivity index (χ0n) is 11.0. The van der Waals surface area contributed by atoms with Crippen LogP contribution in [0.4, 0.5) is 0 Å². The predicted octanol–water partition coefficient (Wildman–Crippen LogP) is -0.363. The van der Waals surface area contributed by atoms with Crippen molar-refractivity contribution in [3.8, 4) is 0 Å². The Labute approximate surface area is 109 Å². The van der Waals surface area contributed by atoms with Gasteiger partial charge in [-0.3, -0.25) is 0 Å². The molecule has 0 aromatic rings. The number of hydrogen-bond donors (Lipinski definition) is 1. The van der Waals surface area contributed by atoms with E-state index in [0.29, 0.717) is 19.6 Å². The van der Waals surface area contributed by atoms with E-state index in [1.807, 2.05) is 0 Å². The normalized spacial score (nSPS) is 27.6. The fourth-order valence-corrected chi connectivity index (χ4v) is 3.80. The maximum absolute atomic E-state index is 12.3. The maximum atomic E-state index is 12.3. The molecule has 2 heterocycles. The van der Waals surface area contributed by atoms with E-state index in [9.17, 15) is 8.42 Å². The van der Waals surface area contributed by atoms with Gasteiger partial charge in [-0.25, -0.2) is 0 Å². The van der Waals surface area contributed by atoms with Crippen molar-refractivity contribution in [2.45, 2.75) is 25.4 Å². The van der Waals surface area contributed by atoms with Crippen molar-refractivity contribution in [3.05, 3.63) is 0 Å². The van der Waals surface area contributed by atoms with E-state index in [4.69, 9.17) is 4.74 Å². The van der Waals surface area contributed by atoms with Crippen LogP contribution >= 0.6 is 0 Å². The number of hydrogen-bond acceptors (Lipinski definition) is 4. The molecular weight excluding hydrogens is 254 g/mol. The van der Waals surface area contributed by atoms with Gasteiger partial charge < -0.3 is 10.1 Å². The number of ether oxygens (including phenoxy) is 1. The quantitative estimate of drug-likeness (QED) is 0.762. The van der Waals surface area contributed by atoms with Gasteiger partial charge in [0.15, 0.2) is 0 Å². The Kier molecular flexibility index (Phi) is 4.97. The molecule has 0 aliphatic carbocycles. The summed E-state index contributed by atoms with van der Waals surface area (Å²) in [4.78, 5) is 0. The summed E-state index contributed by atoms with van der Waals surface area (Å²) in [5, 5.41) is 3.16. The van der Waals surface area contributed by atoms with Crippen LogP contribution in [-0.2, 0) is 14.9 Å². The van der Waals surface area contributed by atoms with Gasteiger partial charge in [0, 0.05) is 46.4 Å². The highest BCUT2D eigenvalue weighted by atomic mass is 32.2. The monoisotopic (exact) mass is 277 g/mol. The first-order valence-corrected chi connectivity index (χ1v) is 8.04. The smallest absolute Gasteiger partial charge is 0.281 e. The van der Waals surface area contributed by atoms with Crippen LogP contribution in [0.15, 0.2) is 0 Å². The number of nitrogens with one attached hydrogen (secondary N) is 1. The lowest BCUT2D eigenvalue weighted by molar-refractivity contribution is 0.00792. The Bertz CT molecular complexity index is 349. The van der Waals surface area contributed by atoms with Crippen molar-refractivity contribution in [2.24, 2.45) is 0 Å². The van der Waals surface area contributed by atoms with Crippen LogP contribution in [0.1, 0.15) is 19.3 Å². The predicted molar refractivity (Wildman–Crippen MR) is 69.6 cm³/mol. The van der Waals surface area contributed by atoms with Crippen molar-refractivity contribution in [2.75, 3.05) is 46.4 Å². The Balaban J connectivity index is 1.91. The molecule has 0 aromatic heterocycles. The van der Waals surface area contributed by atoms with Crippen molar-refractivity contribution in [3.63, 3.8) is 0 Å². The molecule has 2 aliphatic rings. The van der Waals surface area contributed by atoms with E-state index in [1.54, 1.807) is 11.4 Å². The summed E-state index contributed by atoms with van der Waals surface area (Å²) in [5.41, 5.74) is 0. The highest BCUT2D eigenvalue weighted by Gasteiger charge is 2.30. The zero-order chi connectivity index (χ0) is 13.0. The van der Waals surface area contributed by atoms with Crippen LogP contribution < -0.4 is 5.32 Å². The molecule has 2 aliphatic heterocycles. The minimum atomic E-state index is -3.31. The maximum Gasteiger partial charge on any atom is 0.281 e. The molecule has 0 radical (unpaired) electrons. The van der Waals surface area contributed by atoms with Crippen LogP contribution in [0, 0.1) is 0 Å². The van der Waals surface area contributed by atoms with Gasteiger partial charge in [0.1, 0.15) is 0 Å². The molecule has 1 N–H and O–H groups in total. The Morgan fingerprint density at radius 2 is 2.06 bits per heavy atom. The zero-order valence-corrected chi connectivity index (χ0v) is 11.8. The molecule has 0 spiro atoms. The number of likely N-dealkylation sites (N-methyl/N-ethyl adjacent to an activating group) is 1. The van der Waals surface area contributed by atoms with Crippen LogP contribution in [-0.4, -0.2) is 69.5 Å². The summed E-state index contributed by atoms with van der Waals surface area (Å²) in [5.74, 6) is 0. The van der Waals surface area contributed by atoms with Crippen molar-refractivity contribution >= 4 is 10.2 Å². The second-order valence-electron chi connectivity index (χ2n) is 4.93. The molecule has 0 aromatic carbocycles. The summed E-state index contributed by atoms with van der Waals surface area (Å²) < 4.78 is 33.2. The standard InChI is InChI=1S/C11H23N3O3S/c1-13(10-11-4-2-3-9-17-11)18(15,16)14-7-5-12-6-8-14/h11-12H,2-10H2,1H3. The fourth-order valence-electron chi connectivity index (χ4n) is 2.40. The summed E-state index contributed by atoms with van der Waals surface area (Å²) in [6.07, 6.45) is 3.24. The molecule has 1 atom stereocenters. The Hall–Kier alpha value is -0.210. The SMILES string of the molecule is CN(CC1CCCCO1)S(=O)(=O)N1CCNCC1. The van der Waals surface area contributed by atoms with E-state index in [1.165, 1.54) is 4.31 Å². The largest absolute Gasteiger partial charge is 0.377 e. The van der Waals surface area contributed by atoms with Gasteiger partial charge in [-0.1, -0.05) is 0 Å². The summed E-state index contributed by atoms with van der Waals surface area (Å²) >= 11 is 0. The van der Waals surface area contributed by atoms with E-state index in [0.717, 1.165) is 39.0 Å². The molecule has 0 saturated carbocycles. The van der Waals surface area contributed by atoms with Crippen LogP contribution in [0.2, 0.25) is 0 Å². The molecule has 1 unspecified atom stereocenters. The summed E-state index contributed by atoms with van der Waals surface area (Å²) in [6.45, 7) is 3.79. The van der Waals surface area contributed by atoms with Gasteiger partial charge in [-0.15, -0.1) is 0 Å². The van der Waals surface area contributed by atoms with Gasteiger partial charge in [0.05, 0.1) is 6.10 Å². The molecule has 0 amide bonds. The third-order valence-corrected chi connectivity index (χ3v) is 5.49. The lowest BCUT2D eigenvalue weighted by Gasteiger charge is -2.33. The van der Waals surface area contributed by atoms with Gasteiger partial charge >= 0.3 is 0 Å². The van der Waals surface area contributed by atoms with Gasteiger partial charge in [0.25, 0.3) is 10.2 Å². The average Bonchev–Trinajstić information content (AvgIpc) is 2.41. The van der Waals surface area contributed by atoms with E-state index in [-0.39, 0.29) is 6.10 Å². The number of rotatable bonds is 4. The number of piperazine rings is 1. The molecule has 7 heteroatoms. The first-order chi connectivity index (χ1) is 8.60. The Morgan fingerprint density at radius 1 is 1.33 bits per heavy atom. The van der Waals surface area contributed by atoms with E-state index < -0.39 is 10.2 Å². The lowest BCUT2D eigenvalue weighted by Crippen LogP contribution is -2.52. The summed E-state index contributed by atoms with van der Waals surface area (Å²) in [6, 6.07) is 0. The van der Waals surface area contributed by atoms with Crippen molar-refractivity contribution < 1.29 is 13.2 Å². The lowest BCUT2D eigenvalue weighted by atomic mass is 10.1. The molecule has 2 saturated heterocycles. The van der Waals surface area contributed by atoms with E-state index >= 15 is 0 Å². The van der Waals surface area contributed by atoms with Gasteiger partial charge in [-0.05, 0) is 19.3 Å². The highest BCUT2D eigenvalue weighted by molar-refractivity contribution is 7.86. The van der Waals surface area contributed by atoms with Gasteiger partial charge in [-0.2, -0.15) is 17.0 Å². The molecule has 0 bridgehead atoms. The topological polar surface area (TPSA) is 61.9 Å². The second-order valence-corrected chi connectivity index (χ2v) is 6.96. The van der Waals surface area contributed by atoms with E-state index in [2.05, 4.69) is 5.32 Å². The van der Waals surface area contributed by atoms with Crippen LogP contribution in [0.5, 0.6) is 0 Å². The molecule has 106 valence electrons. The average molecular weight is 277 g/mol. The van der Waals surface area contributed by atoms with Crippen LogP contribution in [0.3, 0.4) is 0 Å². The molecule has 2 fully saturated rings. The first-order valence-electron chi connectivity index (χ1n) is 6.64. The minimum absolute atomic E-state index is 0.0569. The highest BCUT2D eigenvalue weighted by Crippen LogP contribution is 2.16. The van der Waals surface area contributed by atoms with Gasteiger partial charge in [0.2, 0.25) is 0 Å². The third-order valence-electron chi connectivity index (χ3n) is 3.53. The molecule has 2 rings (SSSR count). The first kappa shape index (κ1) is 14.2. The minimum Gasteiger partial charge on any atom is -0.377 e. The Morgan fingerprint density at radius 3 is 2.67 bits per heavy atom. The summed E-state index contributed by atoms with van der Waals surface area (Å²) in [7, 11) is -1.67. The number of nitrogens with zero attached hydrogens (tertiary/aromatic N) is 2. The van der Waals surface area contributed by atoms with Crippen molar-refractivity contribution in [1.82, 2.24) is 13.9 Å². The fraction of sp³-hybridized carbons (Fsp3) is 1.00. The van der Waals surface area contributed by atoms with Crippen molar-refractivity contribution in [1.29, 1.82) is 0 Å². The molecule has 6 nitrogen and oxygen atoms in total. The third kappa shape index (κ3) is 3.42. The second kappa shape index (κ2) is 6.29.